The number of nitrogens with zero attached hydrogens (tertiary/aromatic N) is 4. The lowest BCUT2D eigenvalue weighted by Gasteiger charge is -2.30. The average molecular weight is 424 g/mol. The van der Waals surface area contributed by atoms with E-state index in [1.54, 1.807) is 17.8 Å². The van der Waals surface area contributed by atoms with Crippen molar-refractivity contribution >= 4 is 45.5 Å². The molecule has 0 amide bonds. The number of anilines is 3. The van der Waals surface area contributed by atoms with Gasteiger partial charge in [-0.1, -0.05) is 25.1 Å². The van der Waals surface area contributed by atoms with E-state index in [0.29, 0.717) is 22.4 Å². The zero-order chi connectivity index (χ0) is 21.4. The van der Waals surface area contributed by atoms with Gasteiger partial charge in [-0.25, -0.2) is 4.98 Å². The molecule has 0 spiro atoms. The van der Waals surface area contributed by atoms with Crippen molar-refractivity contribution in [3.8, 4) is 0 Å². The maximum absolute atomic E-state index is 12.5. The van der Waals surface area contributed by atoms with Gasteiger partial charge in [0, 0.05) is 36.8 Å². The molecule has 3 aromatic rings. The minimum Gasteiger partial charge on any atom is -0.341 e. The molecule has 3 heterocycles. The average Bonchev–Trinajstić information content (AvgIpc) is 2.72. The first-order valence-corrected chi connectivity index (χ1v) is 10.6. The van der Waals surface area contributed by atoms with Gasteiger partial charge in [-0.05, 0) is 55.5 Å². The summed E-state index contributed by atoms with van der Waals surface area (Å²) in [7, 11) is 1.78. The number of aromatic nitrogens is 3. The number of aryl methyl sites for hydroxylation is 1. The number of hydrogen-bond acceptors (Lipinski definition) is 5. The molecule has 1 aromatic carbocycles. The van der Waals surface area contributed by atoms with Crippen LogP contribution in [0.4, 0.5) is 17.5 Å². The van der Waals surface area contributed by atoms with Crippen molar-refractivity contribution in [3.05, 3.63) is 58.0 Å². The molecule has 4 rings (SSSR count). The Morgan fingerprint density at radius 2 is 2.00 bits per heavy atom. The van der Waals surface area contributed by atoms with Crippen LogP contribution in [0.1, 0.15) is 32.3 Å². The molecule has 30 heavy (non-hydrogen) atoms. The maximum Gasteiger partial charge on any atom is 0.258 e. The van der Waals surface area contributed by atoms with Crippen molar-refractivity contribution < 1.29 is 0 Å². The third kappa shape index (κ3) is 3.92. The summed E-state index contributed by atoms with van der Waals surface area (Å²) < 4.78 is 1.65. The minimum absolute atomic E-state index is 0.0463. The smallest absolute Gasteiger partial charge is 0.258 e. The Balaban J connectivity index is 1.67. The first-order chi connectivity index (χ1) is 14.3. The lowest BCUT2D eigenvalue weighted by atomic mass is 10.00. The van der Waals surface area contributed by atoms with E-state index in [1.165, 1.54) is 0 Å². The molecule has 0 atom stereocenters. The first-order valence-electron chi connectivity index (χ1n) is 10.2. The highest BCUT2D eigenvalue weighted by Gasteiger charge is 2.19. The zero-order valence-corrected chi connectivity index (χ0v) is 18.3. The van der Waals surface area contributed by atoms with Crippen molar-refractivity contribution in [3.63, 3.8) is 0 Å². The lowest BCUT2D eigenvalue weighted by Crippen LogP contribution is -2.34. The van der Waals surface area contributed by atoms with Crippen LogP contribution >= 0.6 is 11.6 Å². The van der Waals surface area contributed by atoms with E-state index in [1.807, 2.05) is 31.2 Å². The van der Waals surface area contributed by atoms with Crippen molar-refractivity contribution in [1.82, 2.24) is 14.5 Å². The van der Waals surface area contributed by atoms with Crippen LogP contribution < -0.4 is 15.8 Å². The monoisotopic (exact) mass is 423 g/mol. The van der Waals surface area contributed by atoms with Crippen LogP contribution in [-0.2, 0) is 7.05 Å². The second-order valence-corrected chi connectivity index (χ2v) is 8.54. The highest BCUT2D eigenvalue weighted by Crippen LogP contribution is 2.28. The summed E-state index contributed by atoms with van der Waals surface area (Å²) in [5.41, 5.74) is 3.01. The summed E-state index contributed by atoms with van der Waals surface area (Å²) in [5.74, 6) is 2.01. The normalized spacial score (nSPS) is 14.9. The molecule has 1 aliphatic heterocycles. The molecule has 1 saturated heterocycles. The molecule has 1 aliphatic rings. The van der Waals surface area contributed by atoms with Gasteiger partial charge in [-0.2, -0.15) is 4.98 Å². The fraction of sp³-hybridized carbons (Fsp3) is 0.348. The molecule has 0 bridgehead atoms. The standard InChI is InChI=1S/C23H26ClN5O/c1-14(2)18-12-16-11-17(5-6-20(16)28(4)22(18)30)26-21-19(24)13-25-23(27-21)29-9-7-15(3)8-10-29/h5-6,11-13,15H,1,7-10H2,2-4H3,(H,25,26,27). The number of hydrogen-bond donors (Lipinski definition) is 1. The number of halogens is 1. The summed E-state index contributed by atoms with van der Waals surface area (Å²) in [5, 5.41) is 4.72. The fourth-order valence-corrected chi connectivity index (χ4v) is 3.95. The second kappa shape index (κ2) is 8.11. The third-order valence-corrected chi connectivity index (χ3v) is 6.02. The molecule has 0 aliphatic carbocycles. The third-order valence-electron chi connectivity index (χ3n) is 5.74. The molecule has 1 fully saturated rings. The predicted molar refractivity (Wildman–Crippen MR) is 125 cm³/mol. The van der Waals surface area contributed by atoms with Crippen molar-refractivity contribution in [2.45, 2.75) is 26.7 Å². The lowest BCUT2D eigenvalue weighted by molar-refractivity contribution is 0.434. The molecule has 2 aromatic heterocycles. The van der Waals surface area contributed by atoms with Gasteiger partial charge >= 0.3 is 0 Å². The number of allylic oxidation sites excluding steroid dienone is 1. The summed E-state index contributed by atoms with van der Waals surface area (Å²) in [6.45, 7) is 9.96. The first kappa shape index (κ1) is 20.4. The Labute approximate surface area is 181 Å². The molecule has 1 N–H and O–H groups in total. The Morgan fingerprint density at radius 3 is 2.70 bits per heavy atom. The summed E-state index contributed by atoms with van der Waals surface area (Å²) in [6, 6.07) is 7.71. The molecule has 0 radical (unpaired) electrons. The van der Waals surface area contributed by atoms with E-state index in [0.717, 1.165) is 54.0 Å². The number of rotatable bonds is 4. The molecule has 156 valence electrons. The highest BCUT2D eigenvalue weighted by atomic mass is 35.5. The Bertz CT molecular complexity index is 1180. The van der Waals surface area contributed by atoms with Gasteiger partial charge in [-0.3, -0.25) is 4.79 Å². The van der Waals surface area contributed by atoms with Gasteiger partial charge in [0.05, 0.1) is 11.7 Å². The quantitative estimate of drug-likeness (QED) is 0.640. The number of benzene rings is 1. The molecule has 0 saturated carbocycles. The van der Waals surface area contributed by atoms with Crippen LogP contribution in [0.2, 0.25) is 5.02 Å². The largest absolute Gasteiger partial charge is 0.341 e. The van der Waals surface area contributed by atoms with E-state index < -0.39 is 0 Å². The van der Waals surface area contributed by atoms with E-state index in [2.05, 4.69) is 33.7 Å². The summed E-state index contributed by atoms with van der Waals surface area (Å²) in [4.78, 5) is 23.8. The Hall–Kier alpha value is -2.86. The van der Waals surface area contributed by atoms with Crippen LogP contribution in [0.25, 0.3) is 16.5 Å². The van der Waals surface area contributed by atoms with E-state index in [4.69, 9.17) is 11.6 Å². The summed E-state index contributed by atoms with van der Waals surface area (Å²) in [6.07, 6.45) is 3.93. The number of nitrogens with one attached hydrogen (secondary N) is 1. The number of piperidine rings is 1. The van der Waals surface area contributed by atoms with Gasteiger partial charge in [0.2, 0.25) is 5.95 Å². The molecular weight excluding hydrogens is 398 g/mol. The Kier molecular flexibility index (Phi) is 5.52. The summed E-state index contributed by atoms with van der Waals surface area (Å²) >= 11 is 6.38. The van der Waals surface area contributed by atoms with Gasteiger partial charge in [0.25, 0.3) is 5.56 Å². The Morgan fingerprint density at radius 1 is 1.27 bits per heavy atom. The zero-order valence-electron chi connectivity index (χ0n) is 17.6. The number of pyridine rings is 1. The van der Waals surface area contributed by atoms with Crippen LogP contribution in [0.15, 0.2) is 41.8 Å². The van der Waals surface area contributed by atoms with Crippen LogP contribution in [-0.4, -0.2) is 27.6 Å². The van der Waals surface area contributed by atoms with Gasteiger partial charge < -0.3 is 14.8 Å². The maximum atomic E-state index is 12.5. The minimum atomic E-state index is -0.0463. The van der Waals surface area contributed by atoms with E-state index >= 15 is 0 Å². The van der Waals surface area contributed by atoms with Crippen molar-refractivity contribution in [2.75, 3.05) is 23.3 Å². The van der Waals surface area contributed by atoms with Gasteiger partial charge in [0.15, 0.2) is 5.82 Å². The number of fused-ring (bicyclic) bond motifs is 1. The molecular formula is C23H26ClN5O. The topological polar surface area (TPSA) is 63.1 Å². The van der Waals surface area contributed by atoms with Gasteiger partial charge in [-0.15, -0.1) is 0 Å². The van der Waals surface area contributed by atoms with Crippen LogP contribution in [0.5, 0.6) is 0 Å². The molecule has 0 unspecified atom stereocenters. The predicted octanol–water partition coefficient (Wildman–Crippen LogP) is 4.99. The second-order valence-electron chi connectivity index (χ2n) is 8.14. The fourth-order valence-electron chi connectivity index (χ4n) is 3.81. The molecule has 6 nitrogen and oxygen atoms in total. The van der Waals surface area contributed by atoms with Crippen molar-refractivity contribution in [2.24, 2.45) is 13.0 Å². The van der Waals surface area contributed by atoms with Crippen molar-refractivity contribution in [1.29, 1.82) is 0 Å². The SMILES string of the molecule is C=C(C)c1cc2cc(Nc3nc(N4CCC(C)CC4)ncc3Cl)ccc2n(C)c1=O. The van der Waals surface area contributed by atoms with Crippen LogP contribution in [0.3, 0.4) is 0 Å². The van der Waals surface area contributed by atoms with Gasteiger partial charge in [0.1, 0.15) is 5.02 Å². The van der Waals surface area contributed by atoms with Crippen LogP contribution in [0, 0.1) is 5.92 Å². The van der Waals surface area contributed by atoms with E-state index in [-0.39, 0.29) is 5.56 Å². The molecule has 7 heteroatoms. The van der Waals surface area contributed by atoms with E-state index in [9.17, 15) is 4.79 Å². The highest BCUT2D eigenvalue weighted by molar-refractivity contribution is 6.32.